The van der Waals surface area contributed by atoms with Crippen LogP contribution < -0.4 is 4.90 Å². The van der Waals surface area contributed by atoms with E-state index in [0.717, 1.165) is 17.9 Å². The summed E-state index contributed by atoms with van der Waals surface area (Å²) in [6.07, 6.45) is 6.71. The number of anilines is 1. The number of benzene rings is 3. The first-order chi connectivity index (χ1) is 16.7. The summed E-state index contributed by atoms with van der Waals surface area (Å²) in [7, 11) is 0. The van der Waals surface area contributed by atoms with Gasteiger partial charge >= 0.3 is 0 Å². The Kier molecular flexibility index (Phi) is 5.26. The van der Waals surface area contributed by atoms with E-state index in [4.69, 9.17) is 9.97 Å². The van der Waals surface area contributed by atoms with Gasteiger partial charge in [0.2, 0.25) is 0 Å². The zero-order valence-corrected chi connectivity index (χ0v) is 19.8. The lowest BCUT2D eigenvalue weighted by molar-refractivity contribution is 0.723. The van der Waals surface area contributed by atoms with Gasteiger partial charge in [0.1, 0.15) is 0 Å². The van der Waals surface area contributed by atoms with E-state index in [1.165, 1.54) is 52.0 Å². The highest BCUT2D eigenvalue weighted by Gasteiger charge is 2.33. The fraction of sp³-hybridized carbons (Fsp3) is 0.226. The molecular weight excluding hydrogens is 414 g/mol. The van der Waals surface area contributed by atoms with Crippen LogP contribution in [0.1, 0.15) is 64.1 Å². The predicted molar refractivity (Wildman–Crippen MR) is 140 cm³/mol. The average Bonchev–Trinajstić information content (AvgIpc) is 3.72. The molecule has 1 saturated carbocycles. The maximum absolute atomic E-state index is 5.07. The smallest absolute Gasteiger partial charge is 0.157 e. The predicted octanol–water partition coefficient (Wildman–Crippen LogP) is 7.27. The number of fused-ring (bicyclic) bond motifs is 1. The van der Waals surface area contributed by atoms with Crippen LogP contribution in [-0.2, 0) is 6.54 Å². The molecule has 1 atom stereocenters. The third-order valence-electron chi connectivity index (χ3n) is 6.96. The van der Waals surface area contributed by atoms with Gasteiger partial charge in [-0.3, -0.25) is 0 Å². The second kappa shape index (κ2) is 8.57. The van der Waals surface area contributed by atoms with Crippen LogP contribution in [0.4, 0.5) is 5.69 Å². The van der Waals surface area contributed by atoms with E-state index in [1.54, 1.807) is 0 Å². The van der Waals surface area contributed by atoms with Gasteiger partial charge < -0.3 is 4.90 Å². The van der Waals surface area contributed by atoms with Crippen molar-refractivity contribution in [3.63, 3.8) is 0 Å². The van der Waals surface area contributed by atoms with Gasteiger partial charge in [-0.2, -0.15) is 0 Å². The second-order valence-corrected chi connectivity index (χ2v) is 9.66. The topological polar surface area (TPSA) is 29.0 Å². The number of hydrogen-bond donors (Lipinski definition) is 0. The molecule has 1 aromatic heterocycles. The van der Waals surface area contributed by atoms with Gasteiger partial charge in [-0.1, -0.05) is 77.9 Å². The van der Waals surface area contributed by atoms with Crippen molar-refractivity contribution >= 4 is 17.3 Å². The molecule has 0 radical (unpaired) electrons. The molecule has 0 amide bonds. The highest BCUT2D eigenvalue weighted by Crippen LogP contribution is 2.46. The lowest BCUT2D eigenvalue weighted by Gasteiger charge is -2.39. The van der Waals surface area contributed by atoms with Crippen molar-refractivity contribution in [2.75, 3.05) is 4.90 Å². The SMILES string of the molecule is Cc1ccc(CN2c3ccccc3C=C(c3nccc(C4CC4)n3)C2c2ccc(C)cc2)cc1. The van der Waals surface area contributed by atoms with Gasteiger partial charge in [0, 0.05) is 35.6 Å². The van der Waals surface area contributed by atoms with Gasteiger partial charge in [-0.25, -0.2) is 9.97 Å². The van der Waals surface area contributed by atoms with Crippen LogP contribution in [0.25, 0.3) is 11.6 Å². The van der Waals surface area contributed by atoms with E-state index >= 15 is 0 Å². The zero-order valence-electron chi connectivity index (χ0n) is 19.8. The molecule has 0 saturated heterocycles. The van der Waals surface area contributed by atoms with E-state index in [-0.39, 0.29) is 6.04 Å². The van der Waals surface area contributed by atoms with Crippen LogP contribution in [0, 0.1) is 13.8 Å². The summed E-state index contributed by atoms with van der Waals surface area (Å²) < 4.78 is 0. The summed E-state index contributed by atoms with van der Waals surface area (Å²) in [5.74, 6) is 1.44. The summed E-state index contributed by atoms with van der Waals surface area (Å²) in [6.45, 7) is 5.10. The fourth-order valence-corrected chi connectivity index (χ4v) is 4.90. The Hall–Kier alpha value is -3.72. The summed E-state index contributed by atoms with van der Waals surface area (Å²) in [5, 5.41) is 0. The van der Waals surface area contributed by atoms with E-state index in [0.29, 0.717) is 5.92 Å². The number of nitrogens with zero attached hydrogens (tertiary/aromatic N) is 3. The van der Waals surface area contributed by atoms with Crippen molar-refractivity contribution in [3.05, 3.63) is 124 Å². The van der Waals surface area contributed by atoms with Crippen LogP contribution >= 0.6 is 0 Å². The number of aromatic nitrogens is 2. The summed E-state index contributed by atoms with van der Waals surface area (Å²) in [5.41, 5.74) is 9.91. The molecule has 4 aromatic rings. The molecule has 168 valence electrons. The van der Waals surface area contributed by atoms with Crippen LogP contribution in [0.5, 0.6) is 0 Å². The van der Waals surface area contributed by atoms with Crippen molar-refractivity contribution in [2.24, 2.45) is 0 Å². The largest absolute Gasteiger partial charge is 0.355 e. The maximum Gasteiger partial charge on any atom is 0.157 e. The second-order valence-electron chi connectivity index (χ2n) is 9.66. The Labute approximate surface area is 201 Å². The minimum atomic E-state index is 0.0336. The molecule has 1 aliphatic carbocycles. The highest BCUT2D eigenvalue weighted by atomic mass is 15.2. The van der Waals surface area contributed by atoms with Crippen molar-refractivity contribution in [1.29, 1.82) is 0 Å². The van der Waals surface area contributed by atoms with Gasteiger partial charge in [0.05, 0.1) is 6.04 Å². The average molecular weight is 444 g/mol. The Morgan fingerprint density at radius 2 is 1.53 bits per heavy atom. The molecule has 1 aliphatic heterocycles. The van der Waals surface area contributed by atoms with E-state index < -0.39 is 0 Å². The molecule has 2 heterocycles. The lowest BCUT2D eigenvalue weighted by atomic mass is 9.88. The monoisotopic (exact) mass is 443 g/mol. The normalized spacial score (nSPS) is 17.3. The molecule has 0 bridgehead atoms. The number of rotatable bonds is 5. The fourth-order valence-electron chi connectivity index (χ4n) is 4.90. The molecular formula is C31H29N3. The molecule has 3 heteroatoms. The van der Waals surface area contributed by atoms with E-state index in [9.17, 15) is 0 Å². The number of aryl methyl sites for hydroxylation is 2. The van der Waals surface area contributed by atoms with Crippen molar-refractivity contribution in [2.45, 2.75) is 45.2 Å². The first kappa shape index (κ1) is 20.9. The zero-order chi connectivity index (χ0) is 23.1. The standard InChI is InChI=1S/C31H29N3/c1-21-7-11-23(12-8-21)20-34-29-6-4-3-5-26(29)19-27(30(34)25-13-9-22(2)10-14-25)31-32-18-17-28(33-31)24-15-16-24/h3-14,17-19,24,30H,15-16,20H2,1-2H3. The number of hydrogen-bond acceptors (Lipinski definition) is 3. The van der Waals surface area contributed by atoms with Crippen molar-refractivity contribution < 1.29 is 0 Å². The van der Waals surface area contributed by atoms with Crippen molar-refractivity contribution in [3.8, 4) is 0 Å². The van der Waals surface area contributed by atoms with Gasteiger partial charge in [0.15, 0.2) is 5.82 Å². The minimum Gasteiger partial charge on any atom is -0.355 e. The molecule has 0 spiro atoms. The van der Waals surface area contributed by atoms with Gasteiger partial charge in [-0.15, -0.1) is 0 Å². The molecule has 1 unspecified atom stereocenters. The first-order valence-electron chi connectivity index (χ1n) is 12.2. The van der Waals surface area contributed by atoms with E-state index in [1.807, 2.05) is 6.20 Å². The Balaban J connectivity index is 1.52. The Morgan fingerprint density at radius 3 is 2.26 bits per heavy atom. The van der Waals surface area contributed by atoms with Crippen LogP contribution in [-0.4, -0.2) is 9.97 Å². The third kappa shape index (κ3) is 4.03. The molecule has 3 nitrogen and oxygen atoms in total. The molecule has 3 aromatic carbocycles. The van der Waals surface area contributed by atoms with Gasteiger partial charge in [0.25, 0.3) is 0 Å². The highest BCUT2D eigenvalue weighted by molar-refractivity contribution is 5.92. The Bertz CT molecular complexity index is 1350. The quantitative estimate of drug-likeness (QED) is 0.325. The number of para-hydroxylation sites is 1. The van der Waals surface area contributed by atoms with Crippen LogP contribution in [0.3, 0.4) is 0 Å². The molecule has 2 aliphatic rings. The van der Waals surface area contributed by atoms with Crippen LogP contribution in [0.2, 0.25) is 0 Å². The summed E-state index contributed by atoms with van der Waals surface area (Å²) >= 11 is 0. The third-order valence-corrected chi connectivity index (χ3v) is 6.96. The molecule has 0 N–H and O–H groups in total. The maximum atomic E-state index is 5.07. The first-order valence-corrected chi connectivity index (χ1v) is 12.2. The molecule has 6 rings (SSSR count). The van der Waals surface area contributed by atoms with Gasteiger partial charge in [-0.05, 0) is 61.6 Å². The minimum absolute atomic E-state index is 0.0336. The van der Waals surface area contributed by atoms with E-state index in [2.05, 4.69) is 104 Å². The molecule has 34 heavy (non-hydrogen) atoms. The molecule has 1 fully saturated rings. The summed E-state index contributed by atoms with van der Waals surface area (Å²) in [4.78, 5) is 12.4. The lowest BCUT2D eigenvalue weighted by Crippen LogP contribution is -2.32. The summed E-state index contributed by atoms with van der Waals surface area (Å²) in [6, 6.07) is 28.6. The Morgan fingerprint density at radius 1 is 0.824 bits per heavy atom. The van der Waals surface area contributed by atoms with Crippen molar-refractivity contribution in [1.82, 2.24) is 9.97 Å². The van der Waals surface area contributed by atoms with Crippen LogP contribution in [0.15, 0.2) is 85.1 Å².